The first-order valence-electron chi connectivity index (χ1n) is 11.1. The zero-order chi connectivity index (χ0) is 24.4. The Morgan fingerprint density at radius 3 is 0.806 bits per heavy atom. The SMILES string of the molecule is C=C[Si](C=C)(O[Si](C)(CC)CC)O[Si](C=C)(C=C)O[Si](C=C)(C=C)O[Si](C)(CC)CC. The van der Waals surface area contributed by atoms with Gasteiger partial charge in [0, 0.05) is 0 Å². The second-order valence-corrected chi connectivity index (χ2v) is 26.8. The van der Waals surface area contributed by atoms with Crippen LogP contribution in [-0.4, -0.2) is 42.3 Å². The standard InChI is InChI=1S/C22H44O4Si5/c1-13-27(11,14-2)23-29(17-5,18-6)25-31(21-9,22-10)26-30(19-7,20-8)24-28(12,15-3)16-4/h17-22H,5-10,13-16H2,1-4,11-12H3. The molecule has 4 nitrogen and oxygen atoms in total. The topological polar surface area (TPSA) is 36.9 Å². The summed E-state index contributed by atoms with van der Waals surface area (Å²) in [4.78, 5) is 0. The van der Waals surface area contributed by atoms with Crippen molar-refractivity contribution in [3.8, 4) is 0 Å². The van der Waals surface area contributed by atoms with Crippen LogP contribution in [0.15, 0.2) is 73.7 Å². The summed E-state index contributed by atoms with van der Waals surface area (Å²) in [5.74, 6) is 0. The molecule has 0 radical (unpaired) electrons. The van der Waals surface area contributed by atoms with Crippen LogP contribution in [-0.2, 0) is 16.5 Å². The van der Waals surface area contributed by atoms with Gasteiger partial charge in [0.15, 0.2) is 16.6 Å². The van der Waals surface area contributed by atoms with Crippen molar-refractivity contribution in [3.63, 3.8) is 0 Å². The van der Waals surface area contributed by atoms with Crippen LogP contribution in [0.4, 0.5) is 0 Å². The molecule has 0 aliphatic carbocycles. The Balaban J connectivity index is 6.35. The van der Waals surface area contributed by atoms with E-state index in [0.717, 1.165) is 24.2 Å². The highest BCUT2D eigenvalue weighted by molar-refractivity contribution is 6.99. The van der Waals surface area contributed by atoms with Gasteiger partial charge in [0.2, 0.25) is 0 Å². The Hall–Kier alpha value is -0.636. The Morgan fingerprint density at radius 2 is 0.645 bits per heavy atom. The minimum absolute atomic E-state index is 0.971. The van der Waals surface area contributed by atoms with Crippen LogP contribution >= 0.6 is 0 Å². The minimum Gasteiger partial charge on any atom is -0.430 e. The molecule has 0 fully saturated rings. The fourth-order valence-corrected chi connectivity index (χ4v) is 22.5. The molecule has 0 N–H and O–H groups in total. The smallest absolute Gasteiger partial charge is 0.374 e. The van der Waals surface area contributed by atoms with Gasteiger partial charge in [0.05, 0.1) is 0 Å². The van der Waals surface area contributed by atoms with E-state index >= 15 is 0 Å². The van der Waals surface area contributed by atoms with Gasteiger partial charge in [-0.1, -0.05) is 27.7 Å². The van der Waals surface area contributed by atoms with E-state index < -0.39 is 42.3 Å². The normalized spacial score (nSPS) is 13.4. The van der Waals surface area contributed by atoms with Gasteiger partial charge < -0.3 is 16.5 Å². The molecule has 176 valence electrons. The van der Waals surface area contributed by atoms with E-state index in [-0.39, 0.29) is 0 Å². The van der Waals surface area contributed by atoms with E-state index in [1.807, 2.05) is 0 Å². The Bertz CT molecular complexity index is 584. The summed E-state index contributed by atoms with van der Waals surface area (Å²) in [6.07, 6.45) is 0. The fraction of sp³-hybridized carbons (Fsp3) is 0.455. The number of hydrogen-bond donors (Lipinski definition) is 0. The summed E-state index contributed by atoms with van der Waals surface area (Å²) < 4.78 is 26.9. The Kier molecular flexibility index (Phi) is 12.3. The summed E-state index contributed by atoms with van der Waals surface area (Å²) in [6, 6.07) is 3.88. The minimum atomic E-state index is -3.19. The van der Waals surface area contributed by atoms with E-state index in [1.165, 1.54) is 0 Å². The second kappa shape index (κ2) is 12.6. The number of hydrogen-bond acceptors (Lipinski definition) is 4. The lowest BCUT2D eigenvalue weighted by molar-refractivity contribution is 0.318. The molecule has 0 unspecified atom stereocenters. The zero-order valence-electron chi connectivity index (χ0n) is 20.7. The Morgan fingerprint density at radius 1 is 0.452 bits per heavy atom. The van der Waals surface area contributed by atoms with Gasteiger partial charge in [-0.25, -0.2) is 0 Å². The van der Waals surface area contributed by atoms with Gasteiger partial charge in [0.1, 0.15) is 0 Å². The van der Waals surface area contributed by atoms with Crippen LogP contribution in [0.3, 0.4) is 0 Å². The maximum atomic E-state index is 6.73. The molecule has 0 saturated heterocycles. The summed E-state index contributed by atoms with van der Waals surface area (Å²) in [5, 5.41) is 0. The van der Waals surface area contributed by atoms with Crippen molar-refractivity contribution < 1.29 is 16.5 Å². The third-order valence-corrected chi connectivity index (χ3v) is 27.1. The molecule has 0 aromatic heterocycles. The highest BCUT2D eigenvalue weighted by Gasteiger charge is 2.51. The molecule has 0 spiro atoms. The van der Waals surface area contributed by atoms with E-state index in [9.17, 15) is 0 Å². The van der Waals surface area contributed by atoms with Crippen molar-refractivity contribution in [3.05, 3.63) is 73.7 Å². The molecule has 0 saturated carbocycles. The molecular weight excluding hydrogens is 469 g/mol. The number of rotatable bonds is 18. The van der Waals surface area contributed by atoms with Gasteiger partial charge in [-0.05, 0) is 71.5 Å². The van der Waals surface area contributed by atoms with Gasteiger partial charge in [-0.15, -0.1) is 39.5 Å². The van der Waals surface area contributed by atoms with Crippen LogP contribution in [0, 0.1) is 0 Å². The maximum Gasteiger partial charge on any atom is 0.374 e. The molecule has 0 aromatic rings. The Labute approximate surface area is 197 Å². The highest BCUT2D eigenvalue weighted by Crippen LogP contribution is 2.32. The van der Waals surface area contributed by atoms with Crippen molar-refractivity contribution in [2.45, 2.75) is 65.0 Å². The lowest BCUT2D eigenvalue weighted by atomic mass is 10.9. The molecule has 0 rings (SSSR count). The predicted molar refractivity (Wildman–Crippen MR) is 148 cm³/mol. The van der Waals surface area contributed by atoms with Crippen molar-refractivity contribution in [1.29, 1.82) is 0 Å². The highest BCUT2D eigenvalue weighted by atomic mass is 28.5. The van der Waals surface area contributed by atoms with E-state index in [4.69, 9.17) is 16.5 Å². The van der Waals surface area contributed by atoms with E-state index in [1.54, 1.807) is 34.2 Å². The fourth-order valence-electron chi connectivity index (χ4n) is 2.87. The van der Waals surface area contributed by atoms with E-state index in [2.05, 4.69) is 80.3 Å². The van der Waals surface area contributed by atoms with Crippen LogP contribution in [0.25, 0.3) is 0 Å². The van der Waals surface area contributed by atoms with Gasteiger partial charge in [-0.3, -0.25) is 0 Å². The lowest BCUT2D eigenvalue weighted by Crippen LogP contribution is -2.62. The third kappa shape index (κ3) is 7.72. The van der Waals surface area contributed by atoms with Crippen molar-refractivity contribution in [2.75, 3.05) is 0 Å². The van der Waals surface area contributed by atoms with Gasteiger partial charge >= 0.3 is 25.7 Å². The molecule has 9 heteroatoms. The summed E-state index contributed by atoms with van der Waals surface area (Å²) in [7, 11) is -13.2. The second-order valence-electron chi connectivity index (χ2n) is 8.11. The van der Waals surface area contributed by atoms with E-state index in [0.29, 0.717) is 0 Å². The molecule has 0 aliphatic rings. The maximum absolute atomic E-state index is 6.73. The monoisotopic (exact) mass is 512 g/mol. The lowest BCUT2D eigenvalue weighted by Gasteiger charge is -2.43. The molecule has 0 heterocycles. The largest absolute Gasteiger partial charge is 0.430 e. The molecule has 0 amide bonds. The quantitative estimate of drug-likeness (QED) is 0.186. The first-order valence-corrected chi connectivity index (χ1v) is 22.6. The first-order chi connectivity index (χ1) is 14.4. The summed E-state index contributed by atoms with van der Waals surface area (Å²) in [6.45, 7) is 37.3. The van der Waals surface area contributed by atoms with Gasteiger partial charge in [-0.2, -0.15) is 0 Å². The van der Waals surface area contributed by atoms with Crippen molar-refractivity contribution in [2.24, 2.45) is 0 Å². The molecule has 31 heavy (non-hydrogen) atoms. The molecule has 0 atom stereocenters. The first kappa shape index (κ1) is 30.4. The molecule has 0 bridgehead atoms. The third-order valence-electron chi connectivity index (χ3n) is 6.15. The van der Waals surface area contributed by atoms with Crippen molar-refractivity contribution in [1.82, 2.24) is 0 Å². The van der Waals surface area contributed by atoms with Crippen LogP contribution in [0.5, 0.6) is 0 Å². The van der Waals surface area contributed by atoms with Crippen LogP contribution in [0.1, 0.15) is 27.7 Å². The van der Waals surface area contributed by atoms with Crippen LogP contribution in [0.2, 0.25) is 37.3 Å². The summed E-state index contributed by atoms with van der Waals surface area (Å²) >= 11 is 0. The molecule has 0 aliphatic heterocycles. The molecule has 0 aromatic carbocycles. The van der Waals surface area contributed by atoms with Crippen LogP contribution < -0.4 is 0 Å². The van der Waals surface area contributed by atoms with Crippen molar-refractivity contribution >= 4 is 42.3 Å². The summed E-state index contributed by atoms with van der Waals surface area (Å²) in [5.41, 5.74) is 10.6. The zero-order valence-corrected chi connectivity index (χ0v) is 25.7. The average molecular weight is 513 g/mol. The predicted octanol–water partition coefficient (Wildman–Crippen LogP) is 6.96. The average Bonchev–Trinajstić information content (AvgIpc) is 2.82. The van der Waals surface area contributed by atoms with Gasteiger partial charge in [0.25, 0.3) is 0 Å². The molecular formula is C22H44O4Si5.